The molecule has 0 saturated heterocycles. The van der Waals surface area contributed by atoms with E-state index in [9.17, 15) is 5.11 Å². The number of methoxy groups -OCH3 is 2. The van der Waals surface area contributed by atoms with Gasteiger partial charge in [-0.3, -0.25) is 0 Å². The van der Waals surface area contributed by atoms with Crippen molar-refractivity contribution in [3.8, 4) is 40.7 Å². The highest BCUT2D eigenvalue weighted by Crippen LogP contribution is 2.45. The summed E-state index contributed by atoms with van der Waals surface area (Å²) in [7, 11) is 1.17. The van der Waals surface area contributed by atoms with E-state index in [2.05, 4.69) is 47.5 Å². The third-order valence-corrected chi connectivity index (χ3v) is 12.4. The molecule has 0 unspecified atom stereocenters. The van der Waals surface area contributed by atoms with Crippen LogP contribution in [0.1, 0.15) is 52.7 Å². The lowest BCUT2D eigenvalue weighted by Gasteiger charge is -2.42. The first kappa shape index (κ1) is 25.8. The number of rotatable bonds is 10. The quantitative estimate of drug-likeness (QED) is 0.331. The van der Waals surface area contributed by atoms with Crippen molar-refractivity contribution in [3.05, 3.63) is 41.5 Å². The predicted molar refractivity (Wildman–Crippen MR) is 135 cm³/mol. The van der Waals surface area contributed by atoms with Crippen molar-refractivity contribution < 1.29 is 19.0 Å². The van der Waals surface area contributed by atoms with Crippen LogP contribution in [0.4, 0.5) is 0 Å². The molecule has 0 spiro atoms. The lowest BCUT2D eigenvalue weighted by Crippen LogP contribution is -2.50. The van der Waals surface area contributed by atoms with E-state index in [1.807, 2.05) is 30.3 Å². The van der Waals surface area contributed by atoms with Gasteiger partial charge in [-0.2, -0.15) is 0 Å². The fourth-order valence-electron chi connectivity index (χ4n) is 5.05. The van der Waals surface area contributed by atoms with Crippen LogP contribution in [-0.4, -0.2) is 34.3 Å². The largest absolute Gasteiger partial charge is 0.543 e. The van der Waals surface area contributed by atoms with Gasteiger partial charge in [0.2, 0.25) is 0 Å². The summed E-state index contributed by atoms with van der Waals surface area (Å²) < 4.78 is 18.1. The van der Waals surface area contributed by atoms with Crippen molar-refractivity contribution in [2.45, 2.75) is 64.6 Å². The summed E-state index contributed by atoms with van der Waals surface area (Å²) in [5.74, 6) is 4.87. The lowest BCUT2D eigenvalue weighted by atomic mass is 9.92. The fraction of sp³-hybridized carbons (Fsp3) is 0.481. The Kier molecular flexibility index (Phi) is 8.83. The summed E-state index contributed by atoms with van der Waals surface area (Å²) in [6, 6.07) is 9.94. The van der Waals surface area contributed by atoms with E-state index in [4.69, 9.17) is 20.3 Å². The SMILES string of the molecule is C#Cc1c(CCO)cc(OC)c(OC)c1-c1ccc(O[Si](C(C)C)(C(C)C)C(C)C)cc1. The smallest absolute Gasteiger partial charge is 0.258 e. The molecule has 0 aliphatic heterocycles. The normalized spacial score (nSPS) is 11.7. The van der Waals surface area contributed by atoms with Crippen LogP contribution in [0.2, 0.25) is 16.6 Å². The molecule has 0 fully saturated rings. The molecule has 0 radical (unpaired) electrons. The zero-order valence-corrected chi connectivity index (χ0v) is 21.8. The van der Waals surface area contributed by atoms with Gasteiger partial charge in [-0.05, 0) is 52.4 Å². The molecule has 0 aliphatic rings. The number of terminal acetylenes is 1. The summed E-state index contributed by atoms with van der Waals surface area (Å²) >= 11 is 0. The topological polar surface area (TPSA) is 47.9 Å². The zero-order chi connectivity index (χ0) is 24.1. The molecule has 32 heavy (non-hydrogen) atoms. The molecule has 0 amide bonds. The van der Waals surface area contributed by atoms with Crippen molar-refractivity contribution in [3.63, 3.8) is 0 Å². The van der Waals surface area contributed by atoms with E-state index in [0.717, 1.165) is 22.4 Å². The summed E-state index contributed by atoms with van der Waals surface area (Å²) in [4.78, 5) is 0. The summed E-state index contributed by atoms with van der Waals surface area (Å²) in [5.41, 5.74) is 4.77. The molecular formula is C27H38O4Si. The van der Waals surface area contributed by atoms with E-state index in [1.165, 1.54) is 0 Å². The second kappa shape index (κ2) is 10.9. The fourth-order valence-corrected chi connectivity index (χ4v) is 10.3. The van der Waals surface area contributed by atoms with Crippen LogP contribution in [0, 0.1) is 12.3 Å². The molecule has 5 heteroatoms. The summed E-state index contributed by atoms with van der Waals surface area (Å²) in [6.45, 7) is 13.7. The molecule has 174 valence electrons. The van der Waals surface area contributed by atoms with E-state index in [0.29, 0.717) is 40.1 Å². The Hall–Kier alpha value is -2.42. The first-order chi connectivity index (χ1) is 15.2. The molecule has 2 rings (SSSR count). The molecule has 0 aliphatic carbocycles. The molecule has 4 nitrogen and oxygen atoms in total. The first-order valence-corrected chi connectivity index (χ1v) is 13.5. The lowest BCUT2D eigenvalue weighted by molar-refractivity contribution is 0.299. The van der Waals surface area contributed by atoms with Gasteiger partial charge in [0.1, 0.15) is 5.75 Å². The van der Waals surface area contributed by atoms with Gasteiger partial charge in [0.05, 0.1) is 14.2 Å². The molecule has 2 aromatic carbocycles. The van der Waals surface area contributed by atoms with Crippen LogP contribution in [-0.2, 0) is 6.42 Å². The number of aliphatic hydroxyl groups excluding tert-OH is 1. The minimum absolute atomic E-state index is 0.00268. The summed E-state index contributed by atoms with van der Waals surface area (Å²) in [6.07, 6.45) is 6.34. The molecule has 1 N–H and O–H groups in total. The predicted octanol–water partition coefficient (Wildman–Crippen LogP) is 6.44. The number of aliphatic hydroxyl groups is 1. The maximum atomic E-state index is 9.52. The first-order valence-electron chi connectivity index (χ1n) is 11.3. The van der Waals surface area contributed by atoms with Crippen LogP contribution in [0.25, 0.3) is 11.1 Å². The van der Waals surface area contributed by atoms with Crippen LogP contribution in [0.3, 0.4) is 0 Å². The van der Waals surface area contributed by atoms with E-state index >= 15 is 0 Å². The van der Waals surface area contributed by atoms with Gasteiger partial charge in [0.25, 0.3) is 8.32 Å². The molecule has 0 atom stereocenters. The van der Waals surface area contributed by atoms with Crippen LogP contribution < -0.4 is 13.9 Å². The van der Waals surface area contributed by atoms with Gasteiger partial charge in [-0.15, -0.1) is 6.42 Å². The van der Waals surface area contributed by atoms with Gasteiger partial charge in [0, 0.05) is 17.7 Å². The van der Waals surface area contributed by atoms with Crippen LogP contribution in [0.5, 0.6) is 17.2 Å². The standard InChI is InChI=1S/C27H38O4Si/c1-10-24-22(15-16-28)17-25(29-8)27(30-9)26(24)21-11-13-23(14-12-21)31-32(18(2)3,19(4)5)20(6)7/h1,11-14,17-20,28H,15-16H2,2-9H3. The highest BCUT2D eigenvalue weighted by atomic mass is 28.4. The van der Waals surface area contributed by atoms with Gasteiger partial charge >= 0.3 is 0 Å². The molecule has 0 bridgehead atoms. The Balaban J connectivity index is 2.60. The zero-order valence-electron chi connectivity index (χ0n) is 20.8. The Bertz CT molecular complexity index is 918. The number of hydrogen-bond acceptors (Lipinski definition) is 4. The van der Waals surface area contributed by atoms with E-state index in [1.54, 1.807) is 14.2 Å². The molecular weight excluding hydrogens is 416 g/mol. The Morgan fingerprint density at radius 3 is 1.91 bits per heavy atom. The molecule has 0 aromatic heterocycles. The van der Waals surface area contributed by atoms with Gasteiger partial charge in [0.15, 0.2) is 11.5 Å². The van der Waals surface area contributed by atoms with Crippen molar-refractivity contribution in [1.29, 1.82) is 0 Å². The van der Waals surface area contributed by atoms with Crippen molar-refractivity contribution in [1.82, 2.24) is 0 Å². The van der Waals surface area contributed by atoms with Crippen LogP contribution >= 0.6 is 0 Å². The number of ether oxygens (including phenoxy) is 2. The molecule has 2 aromatic rings. The Morgan fingerprint density at radius 2 is 1.50 bits per heavy atom. The maximum Gasteiger partial charge on any atom is 0.258 e. The van der Waals surface area contributed by atoms with Crippen molar-refractivity contribution in [2.24, 2.45) is 0 Å². The number of hydrogen-bond donors (Lipinski definition) is 1. The molecule has 0 heterocycles. The third-order valence-electron chi connectivity index (χ3n) is 6.42. The second-order valence-corrected chi connectivity index (χ2v) is 14.5. The minimum Gasteiger partial charge on any atom is -0.543 e. The highest BCUT2D eigenvalue weighted by Gasteiger charge is 2.46. The second-order valence-electron chi connectivity index (χ2n) is 9.08. The van der Waals surface area contributed by atoms with Gasteiger partial charge in [-0.25, -0.2) is 0 Å². The maximum absolute atomic E-state index is 9.52. The average Bonchev–Trinajstić information content (AvgIpc) is 2.76. The van der Waals surface area contributed by atoms with Crippen molar-refractivity contribution in [2.75, 3.05) is 20.8 Å². The summed E-state index contributed by atoms with van der Waals surface area (Å²) in [5, 5.41) is 9.52. The Labute approximate surface area is 195 Å². The Morgan fingerprint density at radius 1 is 0.938 bits per heavy atom. The highest BCUT2D eigenvalue weighted by molar-refractivity contribution is 6.78. The van der Waals surface area contributed by atoms with E-state index in [-0.39, 0.29) is 6.61 Å². The monoisotopic (exact) mass is 454 g/mol. The average molecular weight is 455 g/mol. The van der Waals surface area contributed by atoms with Crippen LogP contribution in [0.15, 0.2) is 30.3 Å². The number of benzene rings is 2. The van der Waals surface area contributed by atoms with Gasteiger partial charge in [-0.1, -0.05) is 59.6 Å². The molecule has 0 saturated carbocycles. The minimum atomic E-state index is -2.04. The van der Waals surface area contributed by atoms with E-state index < -0.39 is 8.32 Å². The van der Waals surface area contributed by atoms with Crippen molar-refractivity contribution >= 4 is 8.32 Å². The third kappa shape index (κ3) is 4.82. The van der Waals surface area contributed by atoms with Gasteiger partial charge < -0.3 is 19.0 Å².